The van der Waals surface area contributed by atoms with E-state index in [0.717, 1.165) is 25.7 Å². The number of carbonyl (C=O) groups excluding carboxylic acids is 1. The molecule has 1 heterocycles. The first-order chi connectivity index (χ1) is 9.15. The molecule has 19 heavy (non-hydrogen) atoms. The number of aliphatic carboxylic acids is 1. The summed E-state index contributed by atoms with van der Waals surface area (Å²) in [5.41, 5.74) is 5.74. The number of morpholine rings is 1. The molecule has 3 unspecified atom stereocenters. The van der Waals surface area contributed by atoms with Crippen molar-refractivity contribution in [3.05, 3.63) is 0 Å². The van der Waals surface area contributed by atoms with Gasteiger partial charge in [-0.05, 0) is 25.3 Å². The fraction of sp³-hybridized carbons (Fsp3) is 0.846. The Hall–Kier alpha value is -1.14. The minimum atomic E-state index is -0.992. The van der Waals surface area contributed by atoms with Gasteiger partial charge in [0.15, 0.2) is 6.04 Å². The van der Waals surface area contributed by atoms with E-state index in [9.17, 15) is 14.7 Å². The molecule has 6 nitrogen and oxygen atoms in total. The third-order valence-corrected chi connectivity index (χ3v) is 4.23. The Kier molecular flexibility index (Phi) is 4.76. The molecule has 2 rings (SSSR count). The minimum absolute atomic E-state index is 0.0501. The Bertz CT molecular complexity index is 348. The minimum Gasteiger partial charge on any atom is -0.480 e. The van der Waals surface area contributed by atoms with Crippen LogP contribution < -0.4 is 5.73 Å². The molecule has 1 saturated carbocycles. The lowest BCUT2D eigenvalue weighted by Gasteiger charge is -2.38. The molecule has 0 bridgehead atoms. The predicted octanol–water partition coefficient (Wildman–Crippen LogP) is 0.0635. The number of nitrogens with two attached hydrogens (primary N) is 1. The van der Waals surface area contributed by atoms with Crippen molar-refractivity contribution in [1.29, 1.82) is 0 Å². The molecule has 3 atom stereocenters. The molecule has 2 aliphatic rings. The molecule has 0 spiro atoms. The van der Waals surface area contributed by atoms with Crippen LogP contribution in [0.2, 0.25) is 0 Å². The molecule has 3 N–H and O–H groups in total. The molecule has 108 valence electrons. The lowest BCUT2D eigenvalue weighted by Crippen LogP contribution is -2.55. The fourth-order valence-corrected chi connectivity index (χ4v) is 3.10. The molecular formula is C13H22N2O4. The zero-order valence-electron chi connectivity index (χ0n) is 11.1. The third kappa shape index (κ3) is 3.06. The van der Waals surface area contributed by atoms with E-state index in [2.05, 4.69) is 0 Å². The van der Waals surface area contributed by atoms with E-state index < -0.39 is 12.0 Å². The van der Waals surface area contributed by atoms with Gasteiger partial charge in [0.2, 0.25) is 5.91 Å². The van der Waals surface area contributed by atoms with Crippen LogP contribution in [0.4, 0.5) is 0 Å². The average Bonchev–Trinajstić information content (AvgIpc) is 2.46. The molecule has 1 aliphatic carbocycles. The molecule has 1 amide bonds. The van der Waals surface area contributed by atoms with Gasteiger partial charge >= 0.3 is 5.97 Å². The number of carboxylic acid groups (broad SMARTS) is 1. The maximum Gasteiger partial charge on any atom is 0.328 e. The van der Waals surface area contributed by atoms with Gasteiger partial charge in [0.05, 0.1) is 13.2 Å². The van der Waals surface area contributed by atoms with E-state index in [1.807, 2.05) is 0 Å². The second-order valence-corrected chi connectivity index (χ2v) is 5.35. The molecule has 0 aromatic carbocycles. The van der Waals surface area contributed by atoms with E-state index in [4.69, 9.17) is 10.5 Å². The molecular weight excluding hydrogens is 248 g/mol. The number of hydrogen-bond donors (Lipinski definition) is 2. The smallest absolute Gasteiger partial charge is 0.328 e. The predicted molar refractivity (Wildman–Crippen MR) is 68.5 cm³/mol. The summed E-state index contributed by atoms with van der Waals surface area (Å²) < 4.78 is 5.16. The summed E-state index contributed by atoms with van der Waals surface area (Å²) in [6.07, 6.45) is 3.92. The van der Waals surface area contributed by atoms with Gasteiger partial charge in [-0.2, -0.15) is 0 Å². The van der Waals surface area contributed by atoms with Crippen LogP contribution in [-0.4, -0.2) is 54.2 Å². The summed E-state index contributed by atoms with van der Waals surface area (Å²) in [7, 11) is 0. The highest BCUT2D eigenvalue weighted by Gasteiger charge is 2.39. The van der Waals surface area contributed by atoms with Gasteiger partial charge in [-0.1, -0.05) is 12.8 Å². The summed E-state index contributed by atoms with van der Waals surface area (Å²) in [5, 5.41) is 9.18. The number of ether oxygens (including phenoxy) is 1. The van der Waals surface area contributed by atoms with E-state index in [0.29, 0.717) is 19.7 Å². The lowest BCUT2D eigenvalue weighted by molar-refractivity contribution is -0.161. The number of amides is 1. The second-order valence-electron chi connectivity index (χ2n) is 5.35. The zero-order valence-corrected chi connectivity index (χ0v) is 11.1. The fourth-order valence-electron chi connectivity index (χ4n) is 3.10. The van der Waals surface area contributed by atoms with Crippen LogP contribution in [0.1, 0.15) is 25.7 Å². The van der Waals surface area contributed by atoms with Crippen molar-refractivity contribution < 1.29 is 19.4 Å². The Morgan fingerprint density at radius 1 is 1.32 bits per heavy atom. The molecule has 0 aromatic rings. The summed E-state index contributed by atoms with van der Waals surface area (Å²) in [6.45, 7) is 1.36. The van der Waals surface area contributed by atoms with E-state index in [-0.39, 0.29) is 24.3 Å². The Morgan fingerprint density at radius 2 is 2.05 bits per heavy atom. The highest BCUT2D eigenvalue weighted by Crippen LogP contribution is 2.31. The van der Waals surface area contributed by atoms with Crippen LogP contribution >= 0.6 is 0 Å². The van der Waals surface area contributed by atoms with Gasteiger partial charge < -0.3 is 20.5 Å². The topological polar surface area (TPSA) is 92.9 Å². The first-order valence-corrected chi connectivity index (χ1v) is 6.96. The number of carbonyl (C=O) groups is 2. The van der Waals surface area contributed by atoms with Crippen molar-refractivity contribution in [3.8, 4) is 0 Å². The van der Waals surface area contributed by atoms with Crippen molar-refractivity contribution in [3.63, 3.8) is 0 Å². The van der Waals surface area contributed by atoms with Crippen molar-refractivity contribution >= 4 is 11.9 Å². The number of hydrogen-bond acceptors (Lipinski definition) is 4. The van der Waals surface area contributed by atoms with Crippen LogP contribution in [0, 0.1) is 11.8 Å². The third-order valence-electron chi connectivity index (χ3n) is 4.23. The first-order valence-electron chi connectivity index (χ1n) is 6.96. The average molecular weight is 270 g/mol. The maximum absolute atomic E-state index is 12.6. The monoisotopic (exact) mass is 270 g/mol. The Balaban J connectivity index is 2.09. The van der Waals surface area contributed by atoms with E-state index in [1.165, 1.54) is 4.90 Å². The zero-order chi connectivity index (χ0) is 13.8. The van der Waals surface area contributed by atoms with Gasteiger partial charge in [-0.3, -0.25) is 4.79 Å². The quantitative estimate of drug-likeness (QED) is 0.756. The maximum atomic E-state index is 12.6. The highest BCUT2D eigenvalue weighted by atomic mass is 16.5. The Labute approximate surface area is 112 Å². The summed E-state index contributed by atoms with van der Waals surface area (Å²) in [4.78, 5) is 25.3. The van der Waals surface area contributed by atoms with Crippen LogP contribution in [0.15, 0.2) is 0 Å². The summed E-state index contributed by atoms with van der Waals surface area (Å²) >= 11 is 0. The summed E-state index contributed by atoms with van der Waals surface area (Å²) in [6, 6.07) is -0.846. The summed E-state index contributed by atoms with van der Waals surface area (Å²) in [5.74, 6) is -0.962. The molecule has 1 aliphatic heterocycles. The standard InChI is InChI=1S/C13H22N2O4/c14-7-9-3-1-2-4-10(9)12(16)15-5-6-19-8-11(15)13(17)18/h9-11H,1-8,14H2,(H,17,18). The molecule has 1 saturated heterocycles. The second kappa shape index (κ2) is 6.34. The van der Waals surface area contributed by atoms with Gasteiger partial charge in [0.25, 0.3) is 0 Å². The van der Waals surface area contributed by atoms with Crippen LogP contribution in [-0.2, 0) is 14.3 Å². The van der Waals surface area contributed by atoms with Gasteiger partial charge in [-0.25, -0.2) is 4.79 Å². The highest BCUT2D eigenvalue weighted by molar-refractivity contribution is 5.85. The van der Waals surface area contributed by atoms with E-state index >= 15 is 0 Å². The van der Waals surface area contributed by atoms with Crippen molar-refractivity contribution in [2.75, 3.05) is 26.3 Å². The molecule has 0 radical (unpaired) electrons. The normalized spacial score (nSPS) is 32.1. The van der Waals surface area contributed by atoms with Crippen LogP contribution in [0.25, 0.3) is 0 Å². The van der Waals surface area contributed by atoms with Crippen molar-refractivity contribution in [2.24, 2.45) is 17.6 Å². The Morgan fingerprint density at radius 3 is 2.74 bits per heavy atom. The van der Waals surface area contributed by atoms with Crippen LogP contribution in [0.5, 0.6) is 0 Å². The van der Waals surface area contributed by atoms with Gasteiger partial charge in [0.1, 0.15) is 0 Å². The molecule has 6 heteroatoms. The van der Waals surface area contributed by atoms with E-state index in [1.54, 1.807) is 0 Å². The number of carboxylic acids is 1. The van der Waals surface area contributed by atoms with Crippen molar-refractivity contribution in [1.82, 2.24) is 4.90 Å². The molecule has 2 fully saturated rings. The molecule has 0 aromatic heterocycles. The van der Waals surface area contributed by atoms with Crippen molar-refractivity contribution in [2.45, 2.75) is 31.7 Å². The van der Waals surface area contributed by atoms with Gasteiger partial charge in [-0.15, -0.1) is 0 Å². The lowest BCUT2D eigenvalue weighted by atomic mass is 9.78. The number of nitrogens with zero attached hydrogens (tertiary/aromatic N) is 1. The van der Waals surface area contributed by atoms with Gasteiger partial charge in [0, 0.05) is 12.5 Å². The first kappa shape index (κ1) is 14.3. The largest absolute Gasteiger partial charge is 0.480 e. The van der Waals surface area contributed by atoms with Crippen LogP contribution in [0.3, 0.4) is 0 Å². The number of rotatable bonds is 3. The SMILES string of the molecule is NCC1CCCCC1C(=O)N1CCOCC1C(=O)O.